The summed E-state index contributed by atoms with van der Waals surface area (Å²) in [4.78, 5) is 11.8. The number of hydrogen-bond acceptors (Lipinski definition) is 3. The molecule has 4 heteroatoms. The Labute approximate surface area is 74.4 Å². The van der Waals surface area contributed by atoms with Crippen LogP contribution in [0.4, 0.5) is 0 Å². The number of amides is 1. The van der Waals surface area contributed by atoms with Crippen molar-refractivity contribution in [2.75, 3.05) is 25.9 Å². The van der Waals surface area contributed by atoms with Crippen LogP contribution >= 0.6 is 12.6 Å². The van der Waals surface area contributed by atoms with Crippen LogP contribution in [-0.2, 0) is 4.79 Å². The molecule has 0 unspecified atom stereocenters. The highest BCUT2D eigenvalue weighted by Crippen LogP contribution is 1.73. The summed E-state index contributed by atoms with van der Waals surface area (Å²) in [5.41, 5.74) is 4.58. The van der Waals surface area contributed by atoms with Gasteiger partial charge in [-0.05, 0) is 20.1 Å². The van der Waals surface area contributed by atoms with Gasteiger partial charge in [-0.25, -0.2) is 0 Å². The number of rotatable bonds is 3. The van der Waals surface area contributed by atoms with E-state index >= 15 is 0 Å². The van der Waals surface area contributed by atoms with Crippen LogP contribution in [0.15, 0.2) is 0 Å². The van der Waals surface area contributed by atoms with Crippen molar-refractivity contribution in [2.45, 2.75) is 13.8 Å². The van der Waals surface area contributed by atoms with Gasteiger partial charge in [0.25, 0.3) is 0 Å². The summed E-state index contributed by atoms with van der Waals surface area (Å²) in [5, 5.41) is 0. The van der Waals surface area contributed by atoms with Crippen molar-refractivity contribution >= 4 is 18.5 Å². The minimum atomic E-state index is -0.381. The molecule has 0 radical (unpaired) electrons. The van der Waals surface area contributed by atoms with Crippen LogP contribution in [-0.4, -0.2) is 36.7 Å². The molecule has 0 saturated carbocycles. The zero-order chi connectivity index (χ0) is 9.28. The Hall–Kier alpha value is -0.220. The Bertz CT molecular complexity index is 94.4. The van der Waals surface area contributed by atoms with Gasteiger partial charge in [0, 0.05) is 0 Å². The number of thiol groups is 1. The first-order chi connectivity index (χ1) is 5.08. The Morgan fingerprint density at radius 2 is 1.73 bits per heavy atom. The van der Waals surface area contributed by atoms with Crippen molar-refractivity contribution in [3.05, 3.63) is 0 Å². The Morgan fingerprint density at radius 3 is 1.73 bits per heavy atom. The van der Waals surface area contributed by atoms with Gasteiger partial charge < -0.3 is 10.6 Å². The summed E-state index contributed by atoms with van der Waals surface area (Å²) in [7, 11) is 2.11. The van der Waals surface area contributed by atoms with E-state index in [1.807, 2.05) is 0 Å². The normalized spacial score (nSPS) is 8.82. The smallest absolute Gasteiger partial charge is 0.227 e. The van der Waals surface area contributed by atoms with E-state index < -0.39 is 0 Å². The van der Waals surface area contributed by atoms with Crippen LogP contribution in [0.25, 0.3) is 0 Å². The molecule has 0 atom stereocenters. The van der Waals surface area contributed by atoms with E-state index in [-0.39, 0.29) is 11.7 Å². The summed E-state index contributed by atoms with van der Waals surface area (Å²) in [6, 6.07) is 0. The lowest BCUT2D eigenvalue weighted by Gasteiger charge is -2.07. The second-order valence-electron chi connectivity index (χ2n) is 2.11. The molecule has 0 aliphatic carbocycles. The van der Waals surface area contributed by atoms with Gasteiger partial charge in [0.15, 0.2) is 0 Å². The van der Waals surface area contributed by atoms with Crippen molar-refractivity contribution in [3.63, 3.8) is 0 Å². The minimum absolute atomic E-state index is 0.139. The summed E-state index contributed by atoms with van der Waals surface area (Å²) >= 11 is 3.54. The lowest BCUT2D eigenvalue weighted by Crippen LogP contribution is -2.15. The van der Waals surface area contributed by atoms with Gasteiger partial charge in [0.05, 0.1) is 5.75 Å². The zero-order valence-electron chi connectivity index (χ0n) is 7.50. The SMILES string of the molecule is CCN(C)CC.NC(=O)CS. The van der Waals surface area contributed by atoms with E-state index in [1.54, 1.807) is 0 Å². The second kappa shape index (κ2) is 9.78. The van der Waals surface area contributed by atoms with E-state index in [0.29, 0.717) is 0 Å². The molecule has 0 aromatic heterocycles. The predicted octanol–water partition coefficient (Wildman–Crippen LogP) is 0.360. The molecule has 11 heavy (non-hydrogen) atoms. The number of nitrogens with zero attached hydrogens (tertiary/aromatic N) is 1. The molecule has 2 N–H and O–H groups in total. The largest absolute Gasteiger partial charge is 0.369 e. The predicted molar refractivity (Wildman–Crippen MR) is 51.9 cm³/mol. The summed E-state index contributed by atoms with van der Waals surface area (Å²) in [5.74, 6) is -0.242. The average molecular weight is 178 g/mol. The maximum Gasteiger partial charge on any atom is 0.227 e. The molecule has 0 spiro atoms. The zero-order valence-corrected chi connectivity index (χ0v) is 8.40. The Kier molecular flexibility index (Phi) is 11.9. The van der Waals surface area contributed by atoms with Gasteiger partial charge in [-0.15, -0.1) is 0 Å². The third kappa shape index (κ3) is 17.7. The quantitative estimate of drug-likeness (QED) is 0.613. The monoisotopic (exact) mass is 178 g/mol. The maximum atomic E-state index is 9.51. The molecule has 1 amide bonds. The lowest BCUT2D eigenvalue weighted by atomic mass is 10.6. The van der Waals surface area contributed by atoms with Crippen molar-refractivity contribution in [3.8, 4) is 0 Å². The van der Waals surface area contributed by atoms with Crippen LogP contribution < -0.4 is 5.73 Å². The first-order valence-electron chi connectivity index (χ1n) is 3.66. The number of carbonyl (C=O) groups is 1. The topological polar surface area (TPSA) is 46.3 Å². The van der Waals surface area contributed by atoms with Gasteiger partial charge in [-0.1, -0.05) is 13.8 Å². The molecule has 0 rings (SSSR count). The van der Waals surface area contributed by atoms with E-state index in [9.17, 15) is 4.79 Å². The van der Waals surface area contributed by atoms with Crippen molar-refractivity contribution in [1.82, 2.24) is 4.90 Å². The van der Waals surface area contributed by atoms with Crippen LogP contribution in [0.3, 0.4) is 0 Å². The van der Waals surface area contributed by atoms with E-state index in [0.717, 1.165) is 13.1 Å². The van der Waals surface area contributed by atoms with Crippen molar-refractivity contribution in [2.24, 2.45) is 5.73 Å². The van der Waals surface area contributed by atoms with Gasteiger partial charge in [-0.3, -0.25) is 4.79 Å². The molecule has 0 aromatic rings. The van der Waals surface area contributed by atoms with Crippen LogP contribution in [0.5, 0.6) is 0 Å². The molecule has 68 valence electrons. The van der Waals surface area contributed by atoms with Crippen molar-refractivity contribution in [1.29, 1.82) is 0 Å². The number of hydrogen-bond donors (Lipinski definition) is 2. The fourth-order valence-corrected chi connectivity index (χ4v) is 0.224. The van der Waals surface area contributed by atoms with E-state index in [1.165, 1.54) is 0 Å². The van der Waals surface area contributed by atoms with E-state index in [2.05, 4.69) is 44.2 Å². The van der Waals surface area contributed by atoms with Crippen LogP contribution in [0.2, 0.25) is 0 Å². The Morgan fingerprint density at radius 1 is 1.45 bits per heavy atom. The first kappa shape index (κ1) is 13.4. The molecule has 0 aromatic carbocycles. The standard InChI is InChI=1S/C5H13N.C2H5NOS/c1-4-6(3)5-2;3-2(4)1-5/h4-5H2,1-3H3;5H,1H2,(H2,3,4). The van der Waals surface area contributed by atoms with Crippen LogP contribution in [0.1, 0.15) is 13.8 Å². The molecular weight excluding hydrogens is 160 g/mol. The molecule has 0 fully saturated rings. The molecule has 0 aliphatic heterocycles. The number of carbonyl (C=O) groups excluding carboxylic acids is 1. The summed E-state index contributed by atoms with van der Waals surface area (Å²) in [6.07, 6.45) is 0. The third-order valence-electron chi connectivity index (χ3n) is 1.24. The summed E-state index contributed by atoms with van der Waals surface area (Å²) < 4.78 is 0. The maximum absolute atomic E-state index is 9.51. The second-order valence-corrected chi connectivity index (χ2v) is 2.43. The minimum Gasteiger partial charge on any atom is -0.369 e. The molecular formula is C7H18N2OS. The highest BCUT2D eigenvalue weighted by molar-refractivity contribution is 7.81. The molecule has 0 heterocycles. The number of nitrogens with two attached hydrogens (primary N) is 1. The lowest BCUT2D eigenvalue weighted by molar-refractivity contribution is -0.115. The van der Waals surface area contributed by atoms with E-state index in [4.69, 9.17) is 0 Å². The van der Waals surface area contributed by atoms with Crippen molar-refractivity contribution < 1.29 is 4.79 Å². The third-order valence-corrected chi connectivity index (χ3v) is 1.55. The van der Waals surface area contributed by atoms with Gasteiger partial charge in [0.1, 0.15) is 0 Å². The molecule has 3 nitrogen and oxygen atoms in total. The van der Waals surface area contributed by atoms with Gasteiger partial charge in [-0.2, -0.15) is 12.6 Å². The molecule has 0 aliphatic rings. The molecule has 0 bridgehead atoms. The Balaban J connectivity index is 0. The molecule has 0 saturated heterocycles. The highest BCUT2D eigenvalue weighted by Gasteiger charge is 1.81. The fourth-order valence-electron chi connectivity index (χ4n) is 0.224. The highest BCUT2D eigenvalue weighted by atomic mass is 32.1. The van der Waals surface area contributed by atoms with Crippen LogP contribution in [0, 0.1) is 0 Å². The number of primary amides is 1. The van der Waals surface area contributed by atoms with Gasteiger partial charge in [0.2, 0.25) is 5.91 Å². The van der Waals surface area contributed by atoms with Gasteiger partial charge >= 0.3 is 0 Å². The first-order valence-corrected chi connectivity index (χ1v) is 4.29. The average Bonchev–Trinajstić information content (AvgIpc) is 2.04. The fraction of sp³-hybridized carbons (Fsp3) is 0.857. The summed E-state index contributed by atoms with van der Waals surface area (Å²) in [6.45, 7) is 6.64.